The van der Waals surface area contributed by atoms with Crippen LogP contribution in [0.2, 0.25) is 0 Å². The summed E-state index contributed by atoms with van der Waals surface area (Å²) in [5.74, 6) is 1.74. The smallest absolute Gasteiger partial charge is 0.164 e. The van der Waals surface area contributed by atoms with Gasteiger partial charge < -0.3 is 0 Å². The number of rotatable bonds is 5. The lowest BCUT2D eigenvalue weighted by molar-refractivity contribution is 1.08. The van der Waals surface area contributed by atoms with Crippen LogP contribution >= 0.6 is 0 Å². The van der Waals surface area contributed by atoms with E-state index in [9.17, 15) is 0 Å². The first-order valence-electron chi connectivity index (χ1n) is 20.1. The molecule has 0 saturated heterocycles. The van der Waals surface area contributed by atoms with Crippen molar-refractivity contribution in [2.75, 3.05) is 0 Å². The molecule has 0 N–H and O–H groups in total. The lowest BCUT2D eigenvalue weighted by Crippen LogP contribution is -2.01. The molecule has 0 unspecified atom stereocenters. The maximum absolute atomic E-state index is 5.30. The van der Waals surface area contributed by atoms with Gasteiger partial charge in [-0.25, -0.2) is 15.0 Å². The summed E-state index contributed by atoms with van der Waals surface area (Å²) in [6, 6.07) is 66.7. The van der Waals surface area contributed by atoms with Crippen molar-refractivity contribution in [3.05, 3.63) is 200 Å². The first kappa shape index (κ1) is 33.9. The van der Waals surface area contributed by atoms with Gasteiger partial charge in [-0.05, 0) is 144 Å². The predicted octanol–water partition coefficient (Wildman–Crippen LogP) is 13.9. The Hall–Kier alpha value is -8.15. The second-order valence-corrected chi connectivity index (χ2v) is 15.4. The van der Waals surface area contributed by atoms with Crippen LogP contribution in [0.3, 0.4) is 0 Å². The first-order valence-corrected chi connectivity index (χ1v) is 20.1. The van der Waals surface area contributed by atoms with Gasteiger partial charge in [-0.15, -0.1) is 0 Å². The van der Waals surface area contributed by atoms with Crippen LogP contribution in [-0.2, 0) is 0 Å². The van der Waals surface area contributed by atoms with E-state index in [1.54, 1.807) is 0 Å². The predicted molar refractivity (Wildman–Crippen MR) is 248 cm³/mol. The van der Waals surface area contributed by atoms with E-state index in [0.29, 0.717) is 17.5 Å². The standard InChI is InChI=1S/C55H33N5/c1-3-11-36-27-42-29-40(21-19-38(42)25-34(36)9-1)44-31-45(41-22-20-39-26-35-10-2-4-12-37(35)28-43(39)30-41)33-46(32-44)53-58-54(49-13-5-17-51-47(49)15-7-23-56-51)60-55(59-53)50-14-6-18-52-48(50)16-8-24-57-52/h1-33H. The molecule has 0 aliphatic heterocycles. The van der Waals surface area contributed by atoms with Crippen LogP contribution in [0.4, 0.5) is 0 Å². The topological polar surface area (TPSA) is 64.5 Å². The average molecular weight is 764 g/mol. The Morgan fingerprint density at radius 3 is 1.15 bits per heavy atom. The van der Waals surface area contributed by atoms with Crippen molar-refractivity contribution < 1.29 is 0 Å². The molecule has 9 aromatic carbocycles. The fourth-order valence-electron chi connectivity index (χ4n) is 8.67. The summed E-state index contributed by atoms with van der Waals surface area (Å²) >= 11 is 0. The third-order valence-electron chi connectivity index (χ3n) is 11.7. The van der Waals surface area contributed by atoms with Gasteiger partial charge in [-0.2, -0.15) is 0 Å². The number of hydrogen-bond donors (Lipinski definition) is 0. The number of fused-ring (bicyclic) bond motifs is 6. The normalized spacial score (nSPS) is 11.7. The van der Waals surface area contributed by atoms with Gasteiger partial charge in [0.2, 0.25) is 0 Å². The van der Waals surface area contributed by atoms with Gasteiger partial charge in [0.15, 0.2) is 17.5 Å². The van der Waals surface area contributed by atoms with Crippen LogP contribution in [0.5, 0.6) is 0 Å². The molecule has 0 fully saturated rings. The van der Waals surface area contributed by atoms with E-state index in [1.807, 2.05) is 48.8 Å². The van der Waals surface area contributed by atoms with E-state index in [1.165, 1.54) is 43.1 Å². The van der Waals surface area contributed by atoms with Crippen LogP contribution in [-0.4, -0.2) is 24.9 Å². The molecule has 3 aromatic heterocycles. The minimum absolute atomic E-state index is 0.580. The summed E-state index contributed by atoms with van der Waals surface area (Å²) in [7, 11) is 0. The molecule has 0 amide bonds. The van der Waals surface area contributed by atoms with Crippen molar-refractivity contribution in [2.24, 2.45) is 0 Å². The Labute approximate surface area is 345 Å². The molecule has 12 aromatic rings. The van der Waals surface area contributed by atoms with Crippen LogP contribution in [0.15, 0.2) is 200 Å². The zero-order valence-electron chi connectivity index (χ0n) is 32.3. The van der Waals surface area contributed by atoms with Crippen LogP contribution in [0.1, 0.15) is 0 Å². The minimum atomic E-state index is 0.580. The molecule has 0 aliphatic rings. The molecule has 12 rings (SSSR count). The Bertz CT molecular complexity index is 3440. The summed E-state index contributed by atoms with van der Waals surface area (Å²) in [6.07, 6.45) is 3.63. The van der Waals surface area contributed by atoms with E-state index in [-0.39, 0.29) is 0 Å². The fourth-order valence-corrected chi connectivity index (χ4v) is 8.67. The van der Waals surface area contributed by atoms with E-state index < -0.39 is 0 Å². The Morgan fingerprint density at radius 2 is 0.667 bits per heavy atom. The lowest BCUT2D eigenvalue weighted by Gasteiger charge is -2.14. The fraction of sp³-hybridized carbons (Fsp3) is 0. The molecule has 0 spiro atoms. The average Bonchev–Trinajstić information content (AvgIpc) is 3.31. The maximum Gasteiger partial charge on any atom is 0.164 e. The molecular formula is C55H33N5. The van der Waals surface area contributed by atoms with Gasteiger partial charge >= 0.3 is 0 Å². The van der Waals surface area contributed by atoms with Gasteiger partial charge in [-0.3, -0.25) is 9.97 Å². The molecule has 278 valence electrons. The molecule has 5 nitrogen and oxygen atoms in total. The quantitative estimate of drug-likeness (QED) is 0.163. The summed E-state index contributed by atoms with van der Waals surface area (Å²) < 4.78 is 0. The Morgan fingerprint density at radius 1 is 0.250 bits per heavy atom. The molecular weight excluding hydrogens is 731 g/mol. The highest BCUT2D eigenvalue weighted by molar-refractivity contribution is 6.02. The van der Waals surface area contributed by atoms with Gasteiger partial charge in [0.05, 0.1) is 11.0 Å². The highest BCUT2D eigenvalue weighted by Crippen LogP contribution is 2.38. The summed E-state index contributed by atoms with van der Waals surface area (Å²) in [6.45, 7) is 0. The summed E-state index contributed by atoms with van der Waals surface area (Å²) in [5, 5.41) is 11.6. The molecule has 0 saturated carbocycles. The molecule has 60 heavy (non-hydrogen) atoms. The Balaban J connectivity index is 1.11. The number of aromatic nitrogens is 5. The molecule has 0 aliphatic carbocycles. The largest absolute Gasteiger partial charge is 0.256 e. The second-order valence-electron chi connectivity index (χ2n) is 15.4. The highest BCUT2D eigenvalue weighted by Gasteiger charge is 2.18. The zero-order chi connectivity index (χ0) is 39.6. The molecule has 3 heterocycles. The van der Waals surface area contributed by atoms with Crippen LogP contribution in [0, 0.1) is 0 Å². The van der Waals surface area contributed by atoms with Gasteiger partial charge in [0.25, 0.3) is 0 Å². The third-order valence-corrected chi connectivity index (χ3v) is 11.7. The van der Waals surface area contributed by atoms with Crippen molar-refractivity contribution in [3.63, 3.8) is 0 Å². The molecule has 0 radical (unpaired) electrons. The van der Waals surface area contributed by atoms with Crippen molar-refractivity contribution in [1.82, 2.24) is 24.9 Å². The van der Waals surface area contributed by atoms with E-state index in [0.717, 1.165) is 60.8 Å². The lowest BCUT2D eigenvalue weighted by atomic mass is 9.92. The van der Waals surface area contributed by atoms with E-state index in [4.69, 9.17) is 15.0 Å². The van der Waals surface area contributed by atoms with Crippen molar-refractivity contribution in [2.45, 2.75) is 0 Å². The summed E-state index contributed by atoms with van der Waals surface area (Å²) in [4.78, 5) is 25.1. The van der Waals surface area contributed by atoms with Crippen molar-refractivity contribution >= 4 is 64.9 Å². The first-order chi connectivity index (χ1) is 29.7. The molecule has 0 atom stereocenters. The second kappa shape index (κ2) is 13.8. The van der Waals surface area contributed by atoms with Crippen molar-refractivity contribution in [1.29, 1.82) is 0 Å². The SMILES string of the molecule is c1ccc2cc3cc(-c4cc(-c5ccc6cc7ccccc7cc6c5)cc(-c5nc(-c6cccc7ncccc67)nc(-c6cccc7ncccc67)n5)c4)ccc3cc2c1. The highest BCUT2D eigenvalue weighted by atomic mass is 15.0. The Kier molecular flexibility index (Phi) is 7.78. The number of nitrogens with zero attached hydrogens (tertiary/aromatic N) is 5. The third kappa shape index (κ3) is 5.91. The molecule has 5 heteroatoms. The van der Waals surface area contributed by atoms with E-state index >= 15 is 0 Å². The van der Waals surface area contributed by atoms with Gasteiger partial charge in [0, 0.05) is 39.9 Å². The minimum Gasteiger partial charge on any atom is -0.256 e. The van der Waals surface area contributed by atoms with Crippen LogP contribution in [0.25, 0.3) is 121 Å². The molecule has 0 bridgehead atoms. The van der Waals surface area contributed by atoms with Gasteiger partial charge in [0.1, 0.15) is 0 Å². The van der Waals surface area contributed by atoms with Crippen LogP contribution < -0.4 is 0 Å². The maximum atomic E-state index is 5.30. The number of pyridine rings is 2. The zero-order valence-corrected chi connectivity index (χ0v) is 32.3. The van der Waals surface area contributed by atoms with Gasteiger partial charge in [-0.1, -0.05) is 109 Å². The summed E-state index contributed by atoms with van der Waals surface area (Å²) in [5.41, 5.74) is 8.81. The van der Waals surface area contributed by atoms with E-state index in [2.05, 4.69) is 162 Å². The van der Waals surface area contributed by atoms with Crippen molar-refractivity contribution in [3.8, 4) is 56.4 Å². The monoisotopic (exact) mass is 763 g/mol. The number of benzene rings is 9. The number of hydrogen-bond acceptors (Lipinski definition) is 5.